The molecule has 0 saturated carbocycles. The summed E-state index contributed by atoms with van der Waals surface area (Å²) in [6.45, 7) is 9.28. The molecule has 0 bridgehead atoms. The quantitative estimate of drug-likeness (QED) is 0.708. The Bertz CT molecular complexity index is 189. The zero-order valence-electron chi connectivity index (χ0n) is 10.4. The summed E-state index contributed by atoms with van der Waals surface area (Å²) in [5.74, 6) is 0. The van der Waals surface area contributed by atoms with Crippen LogP contribution < -0.4 is 0 Å². The molecular weight excluding hydrogens is 237 g/mol. The van der Waals surface area contributed by atoms with Gasteiger partial charge in [-0.2, -0.15) is 0 Å². The third-order valence-corrected chi connectivity index (χ3v) is 14.9. The molecule has 84 valence electrons. The molecule has 1 rings (SSSR count). The SMILES string of the molecule is C[O][Ge]1([O]C)[C](C)(C)CCC[C]1(C)C. The molecule has 0 N–H and O–H groups in total. The van der Waals surface area contributed by atoms with Gasteiger partial charge in [0.25, 0.3) is 0 Å². The Hall–Kier alpha value is 0.463. The van der Waals surface area contributed by atoms with E-state index in [1.807, 2.05) is 14.2 Å². The predicted octanol–water partition coefficient (Wildman–Crippen LogP) is 3.47. The van der Waals surface area contributed by atoms with E-state index in [2.05, 4.69) is 27.7 Å². The molecule has 1 saturated heterocycles. The van der Waals surface area contributed by atoms with Gasteiger partial charge in [0.15, 0.2) is 0 Å². The van der Waals surface area contributed by atoms with Crippen molar-refractivity contribution >= 4 is 13.9 Å². The third-order valence-electron chi connectivity index (χ3n) is 3.96. The van der Waals surface area contributed by atoms with Crippen LogP contribution in [0.2, 0.25) is 8.49 Å². The van der Waals surface area contributed by atoms with Crippen LogP contribution in [0.1, 0.15) is 47.0 Å². The van der Waals surface area contributed by atoms with Gasteiger partial charge in [-0.15, -0.1) is 0 Å². The van der Waals surface area contributed by atoms with Crippen LogP contribution in [0.25, 0.3) is 0 Å². The normalized spacial score (nSPS) is 28.7. The van der Waals surface area contributed by atoms with E-state index in [4.69, 9.17) is 7.53 Å². The summed E-state index contributed by atoms with van der Waals surface area (Å²) in [7, 11) is 3.69. The molecule has 1 aliphatic heterocycles. The van der Waals surface area contributed by atoms with E-state index in [0.717, 1.165) is 0 Å². The van der Waals surface area contributed by atoms with Crippen molar-refractivity contribution in [3.63, 3.8) is 0 Å². The molecule has 0 aliphatic carbocycles. The average molecular weight is 261 g/mol. The van der Waals surface area contributed by atoms with Crippen molar-refractivity contribution in [2.45, 2.75) is 55.5 Å². The molecule has 2 nitrogen and oxygen atoms in total. The summed E-state index contributed by atoms with van der Waals surface area (Å²) in [6, 6.07) is 0. The zero-order chi connectivity index (χ0) is 11.0. The van der Waals surface area contributed by atoms with Crippen LogP contribution in [-0.2, 0) is 7.53 Å². The summed E-state index contributed by atoms with van der Waals surface area (Å²) < 4.78 is 12.4. The van der Waals surface area contributed by atoms with Crippen molar-refractivity contribution in [2.75, 3.05) is 14.2 Å². The minimum atomic E-state index is -2.66. The fraction of sp³-hybridized carbons (Fsp3) is 1.00. The van der Waals surface area contributed by atoms with E-state index < -0.39 is 13.9 Å². The van der Waals surface area contributed by atoms with Crippen LogP contribution in [0, 0.1) is 0 Å². The fourth-order valence-electron chi connectivity index (χ4n) is 3.41. The standard InChI is InChI=1S/C11H24GeO2/c1-10(2)8-7-9-11(3,4)12(10,13-5)14-6/h7-9H2,1-6H3. The Morgan fingerprint density at radius 1 is 0.857 bits per heavy atom. The fourth-order valence-corrected chi connectivity index (χ4v) is 14.4. The van der Waals surface area contributed by atoms with E-state index in [-0.39, 0.29) is 8.49 Å². The molecule has 0 unspecified atom stereocenters. The maximum absolute atomic E-state index is 5.92. The van der Waals surface area contributed by atoms with Gasteiger partial charge in [-0.25, -0.2) is 0 Å². The van der Waals surface area contributed by atoms with Crippen LogP contribution in [0.3, 0.4) is 0 Å². The summed E-state index contributed by atoms with van der Waals surface area (Å²) >= 11 is -2.66. The molecule has 1 aliphatic rings. The third kappa shape index (κ3) is 1.55. The Kier molecular flexibility index (Phi) is 3.40. The molecule has 0 aromatic rings. The van der Waals surface area contributed by atoms with Crippen LogP contribution in [0.5, 0.6) is 0 Å². The van der Waals surface area contributed by atoms with Crippen LogP contribution >= 0.6 is 0 Å². The molecule has 1 heterocycles. The molecule has 1 fully saturated rings. The molecule has 0 radical (unpaired) electrons. The van der Waals surface area contributed by atoms with Crippen molar-refractivity contribution in [1.82, 2.24) is 0 Å². The molecule has 3 heteroatoms. The van der Waals surface area contributed by atoms with E-state index in [0.29, 0.717) is 0 Å². The van der Waals surface area contributed by atoms with Crippen molar-refractivity contribution in [1.29, 1.82) is 0 Å². The Balaban J connectivity index is 3.13. The van der Waals surface area contributed by atoms with Crippen molar-refractivity contribution in [3.8, 4) is 0 Å². The topological polar surface area (TPSA) is 18.5 Å². The van der Waals surface area contributed by atoms with Crippen molar-refractivity contribution < 1.29 is 7.53 Å². The molecule has 14 heavy (non-hydrogen) atoms. The van der Waals surface area contributed by atoms with E-state index >= 15 is 0 Å². The first-order chi connectivity index (χ1) is 6.33. The Morgan fingerprint density at radius 2 is 1.21 bits per heavy atom. The van der Waals surface area contributed by atoms with Gasteiger partial charge in [-0.1, -0.05) is 0 Å². The number of rotatable bonds is 2. The van der Waals surface area contributed by atoms with Gasteiger partial charge in [0.05, 0.1) is 0 Å². The van der Waals surface area contributed by atoms with Gasteiger partial charge in [0.1, 0.15) is 0 Å². The van der Waals surface area contributed by atoms with Crippen LogP contribution in [0.15, 0.2) is 0 Å². The second kappa shape index (κ2) is 3.80. The average Bonchev–Trinajstić information content (AvgIpc) is 2.03. The van der Waals surface area contributed by atoms with E-state index in [9.17, 15) is 0 Å². The van der Waals surface area contributed by atoms with E-state index in [1.165, 1.54) is 19.3 Å². The summed E-state index contributed by atoms with van der Waals surface area (Å²) in [5, 5.41) is 0. The first kappa shape index (κ1) is 12.5. The molecular formula is C11H24GeO2. The van der Waals surface area contributed by atoms with Gasteiger partial charge in [-0.3, -0.25) is 0 Å². The van der Waals surface area contributed by atoms with Crippen LogP contribution in [0.4, 0.5) is 0 Å². The molecule has 0 aromatic carbocycles. The predicted molar refractivity (Wildman–Crippen MR) is 61.7 cm³/mol. The second-order valence-corrected chi connectivity index (χ2v) is 15.6. The van der Waals surface area contributed by atoms with Gasteiger partial charge in [-0.05, 0) is 0 Å². The zero-order valence-corrected chi connectivity index (χ0v) is 12.5. The van der Waals surface area contributed by atoms with E-state index in [1.54, 1.807) is 0 Å². The summed E-state index contributed by atoms with van der Waals surface area (Å²) in [6.07, 6.45) is 3.80. The number of hydrogen-bond donors (Lipinski definition) is 0. The van der Waals surface area contributed by atoms with Gasteiger partial charge < -0.3 is 0 Å². The van der Waals surface area contributed by atoms with Crippen LogP contribution in [-0.4, -0.2) is 28.2 Å². The summed E-state index contributed by atoms with van der Waals surface area (Å²) in [4.78, 5) is 0. The maximum atomic E-state index is 5.92. The van der Waals surface area contributed by atoms with Gasteiger partial charge in [0, 0.05) is 0 Å². The Morgan fingerprint density at radius 3 is 1.43 bits per heavy atom. The van der Waals surface area contributed by atoms with Gasteiger partial charge >= 0.3 is 91.1 Å². The monoisotopic (exact) mass is 262 g/mol. The minimum absolute atomic E-state index is 0.269. The molecule has 0 atom stereocenters. The van der Waals surface area contributed by atoms with Crippen molar-refractivity contribution in [2.24, 2.45) is 0 Å². The Labute approximate surface area is 91.4 Å². The first-order valence-corrected chi connectivity index (χ1v) is 9.24. The molecule has 0 aromatic heterocycles. The molecule has 0 spiro atoms. The first-order valence-electron chi connectivity index (χ1n) is 5.43. The van der Waals surface area contributed by atoms with Crippen molar-refractivity contribution in [3.05, 3.63) is 0 Å². The van der Waals surface area contributed by atoms with Gasteiger partial charge in [0.2, 0.25) is 0 Å². The second-order valence-electron chi connectivity index (χ2n) is 5.65. The number of hydrogen-bond acceptors (Lipinski definition) is 2. The molecule has 0 amide bonds. The summed E-state index contributed by atoms with van der Waals surface area (Å²) in [5.41, 5.74) is 0.